The molecule has 12 nitrogen and oxygen atoms in total. The van der Waals surface area contributed by atoms with E-state index in [2.05, 4.69) is 31.3 Å². The quantitative estimate of drug-likeness (QED) is 0.0720. The van der Waals surface area contributed by atoms with Gasteiger partial charge >= 0.3 is 15.2 Å². The Balaban J connectivity index is 2.41. The summed E-state index contributed by atoms with van der Waals surface area (Å²) in [7, 11) is -5.04. The summed E-state index contributed by atoms with van der Waals surface area (Å²) in [6.07, 6.45) is 0.0174. The third-order valence-electron chi connectivity index (χ3n) is 8.08. The third-order valence-corrected chi connectivity index (χ3v) is 14.6. The van der Waals surface area contributed by atoms with Crippen molar-refractivity contribution >= 4 is 26.8 Å². The van der Waals surface area contributed by atoms with Gasteiger partial charge in [0.2, 0.25) is 5.91 Å². The first-order chi connectivity index (χ1) is 25.0. The standard InChI is InChI=1S/C39H65NO11P2/c1-13-34(31-18-21-33(22-19-31)46-25-44-11)35(14-2)32-20-23-37(47-26-45-12)36(24-32)40-38(41)16-15-17-39(52(42,48-27(3)4)49-28(5)6)53(43,50-29(7)8)51-30(9)10/h18-24,27-30,34-35,39H,13-17,25-26H2,1-12H3,(H,40,41). The molecule has 53 heavy (non-hydrogen) atoms. The predicted octanol–water partition coefficient (Wildman–Crippen LogP) is 10.9. The zero-order valence-electron chi connectivity index (χ0n) is 33.9. The number of hydrogen-bond acceptors (Lipinski definition) is 11. The van der Waals surface area contributed by atoms with Crippen molar-refractivity contribution in [2.45, 2.75) is 143 Å². The molecule has 0 heterocycles. The highest BCUT2D eigenvalue weighted by molar-refractivity contribution is 7.72. The number of amides is 1. The molecule has 0 saturated carbocycles. The Morgan fingerprint density at radius 3 is 1.57 bits per heavy atom. The molecule has 14 heteroatoms. The van der Waals surface area contributed by atoms with Crippen molar-refractivity contribution in [3.8, 4) is 11.5 Å². The second-order valence-electron chi connectivity index (χ2n) is 14.1. The van der Waals surface area contributed by atoms with Gasteiger partial charge in [-0.05, 0) is 128 Å². The lowest BCUT2D eigenvalue weighted by molar-refractivity contribution is -0.116. The monoisotopic (exact) mass is 785 g/mol. The van der Waals surface area contributed by atoms with E-state index in [1.807, 2.05) is 30.3 Å². The van der Waals surface area contributed by atoms with Gasteiger partial charge in [0.1, 0.15) is 11.5 Å². The number of carbonyl (C=O) groups excluding carboxylic acids is 1. The topological polar surface area (TPSA) is 137 Å². The Morgan fingerprint density at radius 1 is 0.660 bits per heavy atom. The second-order valence-corrected chi connectivity index (χ2v) is 18.7. The lowest BCUT2D eigenvalue weighted by Crippen LogP contribution is -2.24. The zero-order chi connectivity index (χ0) is 39.8. The molecule has 1 N–H and O–H groups in total. The third kappa shape index (κ3) is 15.1. The van der Waals surface area contributed by atoms with Gasteiger partial charge in [-0.1, -0.05) is 32.0 Å². The fourth-order valence-corrected chi connectivity index (χ4v) is 12.3. The van der Waals surface area contributed by atoms with E-state index in [0.717, 1.165) is 24.2 Å². The Bertz CT molecular complexity index is 1400. The predicted molar refractivity (Wildman–Crippen MR) is 210 cm³/mol. The molecule has 0 radical (unpaired) electrons. The molecule has 0 aliphatic carbocycles. The zero-order valence-corrected chi connectivity index (χ0v) is 35.7. The summed E-state index contributed by atoms with van der Waals surface area (Å²) in [5.74, 6) is 1.25. The van der Waals surface area contributed by atoms with Crippen LogP contribution in [0.1, 0.15) is 124 Å². The van der Waals surface area contributed by atoms with Crippen molar-refractivity contribution < 1.29 is 51.0 Å². The summed E-state index contributed by atoms with van der Waals surface area (Å²) < 4.78 is 74.3. The molecule has 0 aliphatic rings. The molecule has 0 bridgehead atoms. The Morgan fingerprint density at radius 2 is 1.11 bits per heavy atom. The Labute approximate surface area is 318 Å². The normalized spacial score (nSPS) is 13.7. The number of benzene rings is 2. The molecule has 0 aromatic heterocycles. The highest BCUT2D eigenvalue weighted by Gasteiger charge is 2.52. The first kappa shape index (κ1) is 46.9. The van der Waals surface area contributed by atoms with E-state index < -0.39 is 45.0 Å². The number of methoxy groups -OCH3 is 2. The van der Waals surface area contributed by atoms with Crippen LogP contribution >= 0.6 is 15.2 Å². The van der Waals surface area contributed by atoms with Crippen LogP contribution in [-0.2, 0) is 41.5 Å². The maximum atomic E-state index is 14.5. The fraction of sp³-hybridized carbons (Fsp3) is 0.667. The molecule has 0 fully saturated rings. The van der Waals surface area contributed by atoms with Gasteiger partial charge in [-0.25, -0.2) is 0 Å². The van der Waals surface area contributed by atoms with Crippen molar-refractivity contribution in [1.82, 2.24) is 0 Å². The highest BCUT2D eigenvalue weighted by Crippen LogP contribution is 2.73. The van der Waals surface area contributed by atoms with Crippen LogP contribution in [0.2, 0.25) is 0 Å². The van der Waals surface area contributed by atoms with Crippen molar-refractivity contribution in [2.75, 3.05) is 33.1 Å². The van der Waals surface area contributed by atoms with Gasteiger partial charge in [0.25, 0.3) is 0 Å². The van der Waals surface area contributed by atoms with E-state index in [-0.39, 0.29) is 50.6 Å². The molecular formula is C39H65NO11P2. The van der Waals surface area contributed by atoms with Crippen LogP contribution < -0.4 is 14.8 Å². The maximum Gasteiger partial charge on any atom is 0.346 e. The minimum absolute atomic E-state index is 0.00183. The largest absolute Gasteiger partial charge is 0.468 e. The van der Waals surface area contributed by atoms with Crippen LogP contribution in [0.5, 0.6) is 11.5 Å². The van der Waals surface area contributed by atoms with Crippen LogP contribution in [0.3, 0.4) is 0 Å². The number of hydrogen-bond donors (Lipinski definition) is 1. The van der Waals surface area contributed by atoms with Crippen molar-refractivity contribution in [3.63, 3.8) is 0 Å². The maximum absolute atomic E-state index is 14.5. The smallest absolute Gasteiger partial charge is 0.346 e. The minimum atomic E-state index is -4.08. The molecule has 0 spiro atoms. The summed E-state index contributed by atoms with van der Waals surface area (Å²) in [4.78, 5) is 13.6. The second kappa shape index (κ2) is 23.0. The number of ether oxygens (including phenoxy) is 4. The van der Waals surface area contributed by atoms with Gasteiger partial charge in [0, 0.05) is 20.6 Å². The Hall–Kier alpha value is -2.27. The van der Waals surface area contributed by atoms with Crippen molar-refractivity contribution in [2.24, 2.45) is 0 Å². The Kier molecular flexibility index (Phi) is 20.3. The number of anilines is 1. The van der Waals surface area contributed by atoms with Crippen LogP contribution in [-0.4, -0.2) is 63.5 Å². The SMILES string of the molecule is CCC(c1ccc(OCOC)cc1)C(CC)c1ccc(OCOC)c(NC(=O)CCCC(P(=O)(OC(C)C)OC(C)C)P(=O)(OC(C)C)OC(C)C)c1. The molecular weight excluding hydrogens is 720 g/mol. The molecule has 302 valence electrons. The van der Waals surface area contributed by atoms with Crippen molar-refractivity contribution in [3.05, 3.63) is 53.6 Å². The average Bonchev–Trinajstić information content (AvgIpc) is 3.06. The number of carbonyl (C=O) groups is 1. The van der Waals surface area contributed by atoms with E-state index >= 15 is 0 Å². The molecule has 2 rings (SSSR count). The summed E-state index contributed by atoms with van der Waals surface area (Å²) in [5, 5.41) is 1.78. The molecule has 2 unspecified atom stereocenters. The highest BCUT2D eigenvalue weighted by atomic mass is 31.2. The summed E-state index contributed by atoms with van der Waals surface area (Å²) in [6, 6.07) is 13.9. The van der Waals surface area contributed by atoms with Crippen molar-refractivity contribution in [1.29, 1.82) is 0 Å². The molecule has 0 aliphatic heterocycles. The molecule has 0 saturated heterocycles. The lowest BCUT2D eigenvalue weighted by atomic mass is 9.78. The fourth-order valence-electron chi connectivity index (χ4n) is 6.22. The number of nitrogens with one attached hydrogen (secondary N) is 1. The summed E-state index contributed by atoms with van der Waals surface area (Å²) in [5.41, 5.74) is 2.74. The van der Waals surface area contributed by atoms with Gasteiger partial charge in [-0.2, -0.15) is 0 Å². The van der Waals surface area contributed by atoms with Gasteiger partial charge in [0.05, 0.1) is 30.1 Å². The molecule has 1 amide bonds. The molecule has 2 aromatic carbocycles. The van der Waals surface area contributed by atoms with E-state index in [0.29, 0.717) is 11.4 Å². The van der Waals surface area contributed by atoms with E-state index in [9.17, 15) is 13.9 Å². The molecule has 2 atom stereocenters. The minimum Gasteiger partial charge on any atom is -0.468 e. The van der Waals surface area contributed by atoms with E-state index in [1.54, 1.807) is 62.5 Å². The van der Waals surface area contributed by atoms with Gasteiger partial charge in [0.15, 0.2) is 19.0 Å². The van der Waals surface area contributed by atoms with Crippen LogP contribution in [0.25, 0.3) is 0 Å². The van der Waals surface area contributed by atoms with Crippen LogP contribution in [0, 0.1) is 0 Å². The summed E-state index contributed by atoms with van der Waals surface area (Å²) >= 11 is 0. The van der Waals surface area contributed by atoms with Gasteiger partial charge < -0.3 is 42.4 Å². The van der Waals surface area contributed by atoms with E-state index in [1.165, 1.54) is 12.7 Å². The first-order valence-electron chi connectivity index (χ1n) is 18.7. The van der Waals surface area contributed by atoms with Crippen LogP contribution in [0.4, 0.5) is 5.69 Å². The number of rotatable bonds is 26. The average molecular weight is 786 g/mol. The van der Waals surface area contributed by atoms with E-state index in [4.69, 9.17) is 37.0 Å². The van der Waals surface area contributed by atoms with Crippen LogP contribution in [0.15, 0.2) is 42.5 Å². The lowest BCUT2D eigenvalue weighted by Gasteiger charge is -2.35. The van der Waals surface area contributed by atoms with Gasteiger partial charge in [-0.15, -0.1) is 0 Å². The summed E-state index contributed by atoms with van der Waals surface area (Å²) in [6.45, 7) is 18.4. The molecule has 2 aromatic rings. The van der Waals surface area contributed by atoms with Gasteiger partial charge in [-0.3, -0.25) is 13.9 Å². The first-order valence-corrected chi connectivity index (χ1v) is 21.9.